The first-order valence-electron chi connectivity index (χ1n) is 6.02. The summed E-state index contributed by atoms with van der Waals surface area (Å²) in [5.74, 6) is 0.421. The van der Waals surface area contributed by atoms with Gasteiger partial charge in [-0.25, -0.2) is 4.79 Å². The van der Waals surface area contributed by atoms with Gasteiger partial charge >= 0.3 is 5.63 Å². The Balaban J connectivity index is 2.33. The van der Waals surface area contributed by atoms with Crippen LogP contribution in [0.3, 0.4) is 0 Å². The molecule has 0 spiro atoms. The van der Waals surface area contributed by atoms with Crippen LogP contribution in [0.25, 0.3) is 11.0 Å². The predicted octanol–water partition coefficient (Wildman–Crippen LogP) is 1.36. The van der Waals surface area contributed by atoms with E-state index in [1.807, 2.05) is 0 Å². The highest BCUT2D eigenvalue weighted by atomic mass is 16.5. The molecule has 19 heavy (non-hydrogen) atoms. The minimum atomic E-state index is -1.16. The minimum absolute atomic E-state index is 0.257. The van der Waals surface area contributed by atoms with Crippen molar-refractivity contribution in [2.24, 2.45) is 0 Å². The standard InChI is InChI=1S/C14H14O5/c1-14(2)13(17)11(16)10-8(19-14)5-3-7-4-6-9(15)18-12(7)10/h3-6,11,13,16-17H,1-2H3/t11-,13+/m0/s1. The fourth-order valence-corrected chi connectivity index (χ4v) is 2.39. The molecule has 0 saturated carbocycles. The van der Waals surface area contributed by atoms with Gasteiger partial charge in [0.2, 0.25) is 0 Å². The summed E-state index contributed by atoms with van der Waals surface area (Å²) in [5, 5.41) is 21.0. The lowest BCUT2D eigenvalue weighted by molar-refractivity contribution is -0.111. The van der Waals surface area contributed by atoms with Gasteiger partial charge in [-0.3, -0.25) is 0 Å². The van der Waals surface area contributed by atoms with Crippen molar-refractivity contribution in [2.45, 2.75) is 31.7 Å². The van der Waals surface area contributed by atoms with Crippen molar-refractivity contribution in [2.75, 3.05) is 0 Å². The topological polar surface area (TPSA) is 79.9 Å². The van der Waals surface area contributed by atoms with Crippen molar-refractivity contribution in [3.63, 3.8) is 0 Å². The maximum Gasteiger partial charge on any atom is 0.336 e. The molecule has 100 valence electrons. The summed E-state index contributed by atoms with van der Waals surface area (Å²) in [6.45, 7) is 3.38. The molecule has 5 nitrogen and oxygen atoms in total. The Morgan fingerprint density at radius 2 is 1.84 bits per heavy atom. The Morgan fingerprint density at radius 3 is 2.58 bits per heavy atom. The third-order valence-corrected chi connectivity index (χ3v) is 3.47. The molecule has 2 heterocycles. The van der Waals surface area contributed by atoms with E-state index in [0.717, 1.165) is 0 Å². The first-order chi connectivity index (χ1) is 8.90. The summed E-state index contributed by atoms with van der Waals surface area (Å²) in [4.78, 5) is 11.3. The SMILES string of the molecule is CC1(C)Oc2ccc3ccc(=O)oc3c2[C@H](O)[C@H]1O. The highest BCUT2D eigenvalue weighted by Crippen LogP contribution is 2.42. The first kappa shape index (κ1) is 12.2. The zero-order valence-corrected chi connectivity index (χ0v) is 10.6. The van der Waals surface area contributed by atoms with Gasteiger partial charge in [-0.15, -0.1) is 0 Å². The van der Waals surface area contributed by atoms with E-state index in [0.29, 0.717) is 16.7 Å². The molecule has 1 aliphatic heterocycles. The van der Waals surface area contributed by atoms with Gasteiger partial charge in [0.1, 0.15) is 29.1 Å². The van der Waals surface area contributed by atoms with Crippen molar-refractivity contribution in [1.82, 2.24) is 0 Å². The van der Waals surface area contributed by atoms with E-state index in [4.69, 9.17) is 9.15 Å². The van der Waals surface area contributed by atoms with Gasteiger partial charge in [0, 0.05) is 11.5 Å². The molecule has 0 aliphatic carbocycles. The molecule has 0 saturated heterocycles. The summed E-state index contributed by atoms with van der Waals surface area (Å²) >= 11 is 0. The Hall–Kier alpha value is -1.85. The molecule has 0 amide bonds. The van der Waals surface area contributed by atoms with Crippen LogP contribution in [-0.4, -0.2) is 21.9 Å². The van der Waals surface area contributed by atoms with E-state index in [2.05, 4.69) is 0 Å². The molecule has 2 aromatic rings. The fourth-order valence-electron chi connectivity index (χ4n) is 2.39. The number of rotatable bonds is 0. The number of aliphatic hydroxyl groups excluding tert-OH is 2. The summed E-state index contributed by atoms with van der Waals surface area (Å²) < 4.78 is 10.8. The third-order valence-electron chi connectivity index (χ3n) is 3.47. The molecular formula is C14H14O5. The van der Waals surface area contributed by atoms with Crippen LogP contribution in [0.4, 0.5) is 0 Å². The molecule has 1 aromatic heterocycles. The van der Waals surface area contributed by atoms with Crippen molar-refractivity contribution >= 4 is 11.0 Å². The van der Waals surface area contributed by atoms with Crippen molar-refractivity contribution in [1.29, 1.82) is 0 Å². The predicted molar refractivity (Wildman–Crippen MR) is 68.2 cm³/mol. The Labute approximate surface area is 109 Å². The second-order valence-corrected chi connectivity index (χ2v) is 5.25. The minimum Gasteiger partial charge on any atom is -0.485 e. The van der Waals surface area contributed by atoms with Crippen molar-refractivity contribution in [3.8, 4) is 5.75 Å². The number of benzene rings is 1. The third kappa shape index (κ3) is 1.74. The Bertz CT molecular complexity index is 701. The molecule has 3 rings (SSSR count). The molecule has 2 atom stereocenters. The highest BCUT2D eigenvalue weighted by molar-refractivity contribution is 5.82. The smallest absolute Gasteiger partial charge is 0.336 e. The summed E-state index contributed by atoms with van der Waals surface area (Å²) in [6.07, 6.45) is -2.26. The summed E-state index contributed by atoms with van der Waals surface area (Å²) in [5.41, 5.74) is -0.837. The lowest BCUT2D eigenvalue weighted by Crippen LogP contribution is -2.48. The Kier molecular flexibility index (Phi) is 2.45. The van der Waals surface area contributed by atoms with Gasteiger partial charge in [-0.1, -0.05) is 0 Å². The van der Waals surface area contributed by atoms with E-state index in [1.54, 1.807) is 32.0 Å². The summed E-state index contributed by atoms with van der Waals surface area (Å²) in [6, 6.07) is 6.37. The molecule has 1 aromatic carbocycles. The second kappa shape index (κ2) is 3.82. The molecular weight excluding hydrogens is 248 g/mol. The van der Waals surface area contributed by atoms with Crippen LogP contribution in [0.1, 0.15) is 25.5 Å². The van der Waals surface area contributed by atoms with Crippen LogP contribution in [0.15, 0.2) is 33.5 Å². The maximum absolute atomic E-state index is 11.3. The molecule has 0 radical (unpaired) electrons. The van der Waals surface area contributed by atoms with Crippen LogP contribution in [0, 0.1) is 0 Å². The number of hydrogen-bond acceptors (Lipinski definition) is 5. The Morgan fingerprint density at radius 1 is 1.16 bits per heavy atom. The molecule has 0 fully saturated rings. The number of ether oxygens (including phenoxy) is 1. The van der Waals surface area contributed by atoms with E-state index < -0.39 is 23.4 Å². The van der Waals surface area contributed by atoms with Crippen molar-refractivity contribution in [3.05, 3.63) is 40.2 Å². The van der Waals surface area contributed by atoms with Gasteiger partial charge in [-0.05, 0) is 32.0 Å². The zero-order valence-electron chi connectivity index (χ0n) is 10.6. The molecule has 2 N–H and O–H groups in total. The molecule has 1 aliphatic rings. The van der Waals surface area contributed by atoms with Crippen LogP contribution in [0.2, 0.25) is 0 Å². The van der Waals surface area contributed by atoms with Gasteiger partial charge in [0.15, 0.2) is 0 Å². The molecule has 0 bridgehead atoms. The number of aliphatic hydroxyl groups is 2. The monoisotopic (exact) mass is 262 g/mol. The van der Waals surface area contributed by atoms with E-state index in [9.17, 15) is 15.0 Å². The fraction of sp³-hybridized carbons (Fsp3) is 0.357. The highest BCUT2D eigenvalue weighted by Gasteiger charge is 2.43. The van der Waals surface area contributed by atoms with Gasteiger partial charge in [-0.2, -0.15) is 0 Å². The van der Waals surface area contributed by atoms with E-state index >= 15 is 0 Å². The average molecular weight is 262 g/mol. The van der Waals surface area contributed by atoms with Crippen molar-refractivity contribution < 1.29 is 19.4 Å². The quantitative estimate of drug-likeness (QED) is 0.701. The van der Waals surface area contributed by atoms with E-state index in [1.165, 1.54) is 6.07 Å². The first-order valence-corrected chi connectivity index (χ1v) is 6.02. The number of hydrogen-bond donors (Lipinski definition) is 2. The van der Waals surface area contributed by atoms with E-state index in [-0.39, 0.29) is 5.58 Å². The summed E-state index contributed by atoms with van der Waals surface area (Å²) in [7, 11) is 0. The van der Waals surface area contributed by atoms with Gasteiger partial charge in [0.05, 0.1) is 5.56 Å². The van der Waals surface area contributed by atoms with Crippen LogP contribution >= 0.6 is 0 Å². The van der Waals surface area contributed by atoms with Gasteiger partial charge < -0.3 is 19.4 Å². The molecule has 0 unspecified atom stereocenters. The lowest BCUT2D eigenvalue weighted by Gasteiger charge is -2.39. The van der Waals surface area contributed by atoms with Crippen LogP contribution in [-0.2, 0) is 0 Å². The largest absolute Gasteiger partial charge is 0.485 e. The lowest BCUT2D eigenvalue weighted by atomic mass is 9.88. The van der Waals surface area contributed by atoms with Crippen LogP contribution < -0.4 is 10.4 Å². The molecule has 5 heteroatoms. The normalized spacial score (nSPS) is 24.8. The average Bonchev–Trinajstić information content (AvgIpc) is 2.35. The van der Waals surface area contributed by atoms with Gasteiger partial charge in [0.25, 0.3) is 0 Å². The maximum atomic E-state index is 11.3. The number of fused-ring (bicyclic) bond motifs is 3. The van der Waals surface area contributed by atoms with Crippen LogP contribution in [0.5, 0.6) is 5.75 Å². The second-order valence-electron chi connectivity index (χ2n) is 5.25. The zero-order chi connectivity index (χ0) is 13.8.